The lowest BCUT2D eigenvalue weighted by atomic mass is 9.89. The molecule has 27 heavy (non-hydrogen) atoms. The number of amides is 1. The summed E-state index contributed by atoms with van der Waals surface area (Å²) in [5, 5.41) is 14.8. The standard InChI is InChI=1S/C19H20BN5OS/c1-11-23-24-19(27-11)13-3-4-14-10-21-17(16(20)15(14)9-13)22-18(26)12-5-7-25(2)8-6-12/h3-4,9-10,12H,5-8H2,1-2H3,(H,21,22,26). The summed E-state index contributed by atoms with van der Waals surface area (Å²) in [4.78, 5) is 19.2. The molecule has 1 aliphatic rings. The normalized spacial score (nSPS) is 15.9. The molecule has 1 saturated heterocycles. The predicted molar refractivity (Wildman–Crippen MR) is 110 cm³/mol. The summed E-state index contributed by atoms with van der Waals surface area (Å²) < 4.78 is 0. The first-order valence-corrected chi connectivity index (χ1v) is 9.81. The van der Waals surface area contributed by atoms with Gasteiger partial charge in [0.05, 0.1) is 0 Å². The number of anilines is 1. The SMILES string of the molecule is [B]c1c(NC(=O)C2CCN(C)CC2)ncc2ccc(-c3nnc(C)s3)cc12. The fraction of sp³-hybridized carbons (Fsp3) is 0.368. The fourth-order valence-corrected chi connectivity index (χ4v) is 4.06. The van der Waals surface area contributed by atoms with E-state index in [1.54, 1.807) is 6.20 Å². The van der Waals surface area contributed by atoms with Crippen LogP contribution in [-0.2, 0) is 4.79 Å². The Bertz CT molecular complexity index is 997. The molecule has 1 N–H and O–H groups in total. The third-order valence-corrected chi connectivity index (χ3v) is 5.92. The van der Waals surface area contributed by atoms with Crippen LogP contribution in [0.4, 0.5) is 5.82 Å². The zero-order valence-corrected chi connectivity index (χ0v) is 16.2. The van der Waals surface area contributed by atoms with E-state index in [0.29, 0.717) is 11.3 Å². The van der Waals surface area contributed by atoms with Crippen molar-refractivity contribution in [2.75, 3.05) is 25.5 Å². The third kappa shape index (κ3) is 3.72. The maximum Gasteiger partial charge on any atom is 0.228 e. The summed E-state index contributed by atoms with van der Waals surface area (Å²) in [6.45, 7) is 3.80. The highest BCUT2D eigenvalue weighted by molar-refractivity contribution is 7.14. The monoisotopic (exact) mass is 377 g/mol. The molecule has 1 amide bonds. The van der Waals surface area contributed by atoms with Crippen LogP contribution in [0.15, 0.2) is 24.4 Å². The molecule has 0 unspecified atom stereocenters. The first-order valence-electron chi connectivity index (χ1n) is 8.99. The molecule has 0 aliphatic carbocycles. The zero-order chi connectivity index (χ0) is 19.0. The van der Waals surface area contributed by atoms with Gasteiger partial charge in [0, 0.05) is 17.7 Å². The average Bonchev–Trinajstić information content (AvgIpc) is 3.11. The van der Waals surface area contributed by atoms with Gasteiger partial charge in [-0.3, -0.25) is 4.79 Å². The van der Waals surface area contributed by atoms with Gasteiger partial charge < -0.3 is 10.2 Å². The Kier molecular flexibility index (Phi) is 4.93. The molecule has 1 aromatic carbocycles. The van der Waals surface area contributed by atoms with E-state index in [0.717, 1.165) is 52.3 Å². The number of benzene rings is 1. The van der Waals surface area contributed by atoms with Gasteiger partial charge >= 0.3 is 0 Å². The van der Waals surface area contributed by atoms with Crippen molar-refractivity contribution in [3.8, 4) is 10.6 Å². The first kappa shape index (κ1) is 18.1. The van der Waals surface area contributed by atoms with Gasteiger partial charge in [0.2, 0.25) is 5.91 Å². The molecule has 3 heterocycles. The fourth-order valence-electron chi connectivity index (χ4n) is 3.37. The lowest BCUT2D eigenvalue weighted by molar-refractivity contribution is -0.121. The van der Waals surface area contributed by atoms with E-state index in [4.69, 9.17) is 7.85 Å². The number of piperidine rings is 1. The number of nitrogens with zero attached hydrogens (tertiary/aromatic N) is 4. The Balaban J connectivity index is 1.61. The molecule has 0 bridgehead atoms. The molecule has 2 aromatic heterocycles. The van der Waals surface area contributed by atoms with Gasteiger partial charge in [-0.25, -0.2) is 4.98 Å². The second-order valence-electron chi connectivity index (χ2n) is 7.02. The van der Waals surface area contributed by atoms with Gasteiger partial charge in [0.1, 0.15) is 23.7 Å². The summed E-state index contributed by atoms with van der Waals surface area (Å²) in [5.74, 6) is 0.434. The Hall–Kier alpha value is -2.32. The highest BCUT2D eigenvalue weighted by Crippen LogP contribution is 2.27. The summed E-state index contributed by atoms with van der Waals surface area (Å²) in [7, 11) is 8.43. The van der Waals surface area contributed by atoms with Crippen LogP contribution in [0.2, 0.25) is 0 Å². The van der Waals surface area contributed by atoms with E-state index in [1.807, 2.05) is 25.1 Å². The minimum absolute atomic E-state index is 0.00227. The molecule has 8 heteroatoms. The number of nitrogens with one attached hydrogen (secondary N) is 1. The van der Waals surface area contributed by atoms with Crippen molar-refractivity contribution in [1.82, 2.24) is 20.1 Å². The molecule has 1 fully saturated rings. The van der Waals surface area contributed by atoms with Gasteiger partial charge in [-0.2, -0.15) is 0 Å². The third-order valence-electron chi connectivity index (χ3n) is 5.04. The number of carbonyl (C=O) groups excluding carboxylic acids is 1. The highest BCUT2D eigenvalue weighted by Gasteiger charge is 2.24. The number of aromatic nitrogens is 3. The van der Waals surface area contributed by atoms with Crippen molar-refractivity contribution in [2.45, 2.75) is 19.8 Å². The number of likely N-dealkylation sites (tertiary alicyclic amines) is 1. The van der Waals surface area contributed by atoms with E-state index in [-0.39, 0.29) is 11.8 Å². The number of hydrogen-bond acceptors (Lipinski definition) is 6. The highest BCUT2D eigenvalue weighted by atomic mass is 32.1. The maximum atomic E-state index is 12.6. The van der Waals surface area contributed by atoms with E-state index in [2.05, 4.69) is 32.4 Å². The molecule has 4 rings (SSSR count). The van der Waals surface area contributed by atoms with Crippen LogP contribution in [0, 0.1) is 12.8 Å². The van der Waals surface area contributed by atoms with Gasteiger partial charge in [0.25, 0.3) is 0 Å². The Morgan fingerprint density at radius 2 is 2.07 bits per heavy atom. The van der Waals surface area contributed by atoms with E-state index < -0.39 is 0 Å². The van der Waals surface area contributed by atoms with Crippen molar-refractivity contribution in [2.24, 2.45) is 5.92 Å². The van der Waals surface area contributed by atoms with Crippen molar-refractivity contribution in [3.05, 3.63) is 29.4 Å². The van der Waals surface area contributed by atoms with Crippen molar-refractivity contribution in [3.63, 3.8) is 0 Å². The molecule has 0 spiro atoms. The average molecular weight is 377 g/mol. The summed E-state index contributed by atoms with van der Waals surface area (Å²) in [6, 6.07) is 5.94. The lowest BCUT2D eigenvalue weighted by Crippen LogP contribution is -2.36. The van der Waals surface area contributed by atoms with Gasteiger partial charge in [-0.1, -0.05) is 23.5 Å². The molecule has 2 radical (unpaired) electrons. The van der Waals surface area contributed by atoms with Crippen LogP contribution in [-0.4, -0.2) is 54.0 Å². The Morgan fingerprint density at radius 1 is 1.30 bits per heavy atom. The largest absolute Gasteiger partial charge is 0.311 e. The van der Waals surface area contributed by atoms with Crippen LogP contribution < -0.4 is 10.8 Å². The number of carbonyl (C=O) groups is 1. The summed E-state index contributed by atoms with van der Waals surface area (Å²) in [6.07, 6.45) is 3.46. The smallest absolute Gasteiger partial charge is 0.228 e. The van der Waals surface area contributed by atoms with E-state index in [1.165, 1.54) is 11.3 Å². The minimum atomic E-state index is -0.00227. The number of hydrogen-bond donors (Lipinski definition) is 1. The molecule has 0 saturated carbocycles. The van der Waals surface area contributed by atoms with E-state index >= 15 is 0 Å². The second-order valence-corrected chi connectivity index (χ2v) is 8.20. The van der Waals surface area contributed by atoms with E-state index in [9.17, 15) is 4.79 Å². The molecule has 3 aromatic rings. The second kappa shape index (κ2) is 7.36. The number of aryl methyl sites for hydroxylation is 1. The number of fused-ring (bicyclic) bond motifs is 1. The minimum Gasteiger partial charge on any atom is -0.311 e. The summed E-state index contributed by atoms with van der Waals surface area (Å²) >= 11 is 1.54. The predicted octanol–water partition coefficient (Wildman–Crippen LogP) is 2.14. The number of rotatable bonds is 3. The van der Waals surface area contributed by atoms with Crippen LogP contribution in [0.1, 0.15) is 17.8 Å². The molecule has 0 atom stereocenters. The van der Waals surface area contributed by atoms with Crippen molar-refractivity contribution >= 4 is 47.1 Å². The van der Waals surface area contributed by atoms with Crippen LogP contribution in [0.25, 0.3) is 21.3 Å². The van der Waals surface area contributed by atoms with Crippen molar-refractivity contribution < 1.29 is 4.79 Å². The quantitative estimate of drug-likeness (QED) is 0.709. The van der Waals surface area contributed by atoms with Crippen LogP contribution in [0.5, 0.6) is 0 Å². The first-order chi connectivity index (χ1) is 13.0. The van der Waals surface area contributed by atoms with Gasteiger partial charge in [-0.05, 0) is 62.2 Å². The molecular weight excluding hydrogens is 357 g/mol. The summed E-state index contributed by atoms with van der Waals surface area (Å²) in [5.41, 5.74) is 1.44. The lowest BCUT2D eigenvalue weighted by Gasteiger charge is -2.28. The number of pyridine rings is 1. The molecule has 136 valence electrons. The Morgan fingerprint density at radius 3 is 2.78 bits per heavy atom. The van der Waals surface area contributed by atoms with Gasteiger partial charge in [0.15, 0.2) is 0 Å². The topological polar surface area (TPSA) is 71.0 Å². The maximum absolute atomic E-state index is 12.6. The molecule has 1 aliphatic heterocycles. The molecular formula is C19H20BN5OS. The molecule has 6 nitrogen and oxygen atoms in total. The Labute approximate surface area is 163 Å². The van der Waals surface area contributed by atoms with Crippen LogP contribution in [0.3, 0.4) is 0 Å². The van der Waals surface area contributed by atoms with Crippen molar-refractivity contribution in [1.29, 1.82) is 0 Å². The van der Waals surface area contributed by atoms with Gasteiger partial charge in [-0.15, -0.1) is 10.2 Å². The van der Waals surface area contributed by atoms with Crippen LogP contribution >= 0.6 is 11.3 Å². The zero-order valence-electron chi connectivity index (χ0n) is 15.4.